The number of nitrogens with one attached hydrogen (secondary N) is 1. The molecule has 1 amide bonds. The molecule has 0 spiro atoms. The van der Waals surface area contributed by atoms with E-state index in [2.05, 4.69) is 5.32 Å². The first-order valence-corrected chi connectivity index (χ1v) is 6.48. The number of rotatable bonds is 5. The first-order valence-electron chi connectivity index (χ1n) is 6.48. The van der Waals surface area contributed by atoms with Crippen LogP contribution in [0.5, 0.6) is 0 Å². The van der Waals surface area contributed by atoms with Crippen LogP contribution in [0.25, 0.3) is 0 Å². The van der Waals surface area contributed by atoms with E-state index >= 15 is 0 Å². The lowest BCUT2D eigenvalue weighted by atomic mass is 10.1. The van der Waals surface area contributed by atoms with Gasteiger partial charge < -0.3 is 16.2 Å². The van der Waals surface area contributed by atoms with Gasteiger partial charge in [-0.25, -0.2) is 4.79 Å². The minimum atomic E-state index is -0.996. The van der Waals surface area contributed by atoms with Gasteiger partial charge in [-0.05, 0) is 23.3 Å². The quantitative estimate of drug-likeness (QED) is 0.779. The Balaban J connectivity index is 1.98. The van der Waals surface area contributed by atoms with Gasteiger partial charge in [-0.2, -0.15) is 0 Å². The fourth-order valence-corrected chi connectivity index (χ4v) is 1.93. The largest absolute Gasteiger partial charge is 0.478 e. The Kier molecular flexibility index (Phi) is 4.68. The van der Waals surface area contributed by atoms with Crippen LogP contribution >= 0.6 is 0 Å². The van der Waals surface area contributed by atoms with Crippen molar-refractivity contribution in [3.63, 3.8) is 0 Å². The SMILES string of the molecule is N[C@H](C(=O)NCc1cccc(C(=O)O)c1)c1ccccc1. The van der Waals surface area contributed by atoms with Crippen molar-refractivity contribution in [3.8, 4) is 0 Å². The molecule has 2 aromatic carbocycles. The van der Waals surface area contributed by atoms with Crippen molar-refractivity contribution >= 4 is 11.9 Å². The van der Waals surface area contributed by atoms with Crippen LogP contribution < -0.4 is 11.1 Å². The van der Waals surface area contributed by atoms with Crippen LogP contribution in [0.15, 0.2) is 54.6 Å². The Hall–Kier alpha value is -2.66. The molecule has 5 heteroatoms. The average molecular weight is 284 g/mol. The number of benzene rings is 2. The van der Waals surface area contributed by atoms with Gasteiger partial charge in [-0.3, -0.25) is 4.79 Å². The van der Waals surface area contributed by atoms with E-state index in [0.717, 1.165) is 5.56 Å². The normalized spacial score (nSPS) is 11.7. The molecule has 0 saturated carbocycles. The maximum atomic E-state index is 12.0. The van der Waals surface area contributed by atoms with E-state index in [1.54, 1.807) is 24.3 Å². The van der Waals surface area contributed by atoms with Gasteiger partial charge in [0.2, 0.25) is 5.91 Å². The minimum absolute atomic E-state index is 0.189. The number of amides is 1. The molecular formula is C16H16N2O3. The van der Waals surface area contributed by atoms with Gasteiger partial charge in [-0.15, -0.1) is 0 Å². The Morgan fingerprint density at radius 1 is 1.10 bits per heavy atom. The number of carbonyl (C=O) groups excluding carboxylic acids is 1. The molecule has 1 atom stereocenters. The molecule has 0 saturated heterocycles. The second-order valence-corrected chi connectivity index (χ2v) is 4.61. The summed E-state index contributed by atoms with van der Waals surface area (Å²) in [4.78, 5) is 22.9. The minimum Gasteiger partial charge on any atom is -0.478 e. The Morgan fingerprint density at radius 2 is 1.81 bits per heavy atom. The smallest absolute Gasteiger partial charge is 0.335 e. The van der Waals surface area contributed by atoms with Crippen LogP contribution in [0, 0.1) is 0 Å². The third kappa shape index (κ3) is 3.90. The average Bonchev–Trinajstić information content (AvgIpc) is 2.53. The van der Waals surface area contributed by atoms with Gasteiger partial charge in [-0.1, -0.05) is 42.5 Å². The van der Waals surface area contributed by atoms with E-state index < -0.39 is 12.0 Å². The highest BCUT2D eigenvalue weighted by molar-refractivity contribution is 5.87. The van der Waals surface area contributed by atoms with Crippen LogP contribution in [0.3, 0.4) is 0 Å². The molecule has 0 unspecified atom stereocenters. The second-order valence-electron chi connectivity index (χ2n) is 4.61. The lowest BCUT2D eigenvalue weighted by Crippen LogP contribution is -2.33. The summed E-state index contributed by atoms with van der Waals surface area (Å²) >= 11 is 0. The van der Waals surface area contributed by atoms with E-state index in [4.69, 9.17) is 10.8 Å². The number of nitrogens with two attached hydrogens (primary N) is 1. The fraction of sp³-hybridized carbons (Fsp3) is 0.125. The van der Waals surface area contributed by atoms with Gasteiger partial charge in [0.25, 0.3) is 0 Å². The molecule has 21 heavy (non-hydrogen) atoms. The van der Waals surface area contributed by atoms with Crippen molar-refractivity contribution in [1.29, 1.82) is 0 Å². The first-order chi connectivity index (χ1) is 10.1. The molecule has 4 N–H and O–H groups in total. The summed E-state index contributed by atoms with van der Waals surface area (Å²) in [5.74, 6) is -1.30. The third-order valence-corrected chi connectivity index (χ3v) is 3.08. The monoisotopic (exact) mass is 284 g/mol. The zero-order chi connectivity index (χ0) is 15.2. The molecule has 5 nitrogen and oxygen atoms in total. The molecule has 0 radical (unpaired) electrons. The van der Waals surface area contributed by atoms with Crippen molar-refractivity contribution in [1.82, 2.24) is 5.32 Å². The fourth-order valence-electron chi connectivity index (χ4n) is 1.93. The van der Waals surface area contributed by atoms with Crippen molar-refractivity contribution in [2.24, 2.45) is 5.73 Å². The second kappa shape index (κ2) is 6.67. The van der Waals surface area contributed by atoms with Crippen LogP contribution in [-0.2, 0) is 11.3 Å². The van der Waals surface area contributed by atoms with Crippen LogP contribution in [-0.4, -0.2) is 17.0 Å². The van der Waals surface area contributed by atoms with Crippen molar-refractivity contribution in [2.75, 3.05) is 0 Å². The number of carboxylic acids is 1. The van der Waals surface area contributed by atoms with Crippen molar-refractivity contribution < 1.29 is 14.7 Å². The van der Waals surface area contributed by atoms with Crippen molar-refractivity contribution in [3.05, 3.63) is 71.3 Å². The molecule has 2 aromatic rings. The van der Waals surface area contributed by atoms with Gasteiger partial charge in [0.15, 0.2) is 0 Å². The van der Waals surface area contributed by atoms with E-state index in [0.29, 0.717) is 5.56 Å². The van der Waals surface area contributed by atoms with Crippen LogP contribution in [0.4, 0.5) is 0 Å². The van der Waals surface area contributed by atoms with E-state index in [1.807, 2.05) is 18.2 Å². The highest BCUT2D eigenvalue weighted by Crippen LogP contribution is 2.10. The molecule has 0 fully saturated rings. The molecule has 0 heterocycles. The van der Waals surface area contributed by atoms with E-state index in [-0.39, 0.29) is 18.0 Å². The first kappa shape index (κ1) is 14.7. The lowest BCUT2D eigenvalue weighted by Gasteiger charge is -2.12. The summed E-state index contributed by atoms with van der Waals surface area (Å²) in [6.07, 6.45) is 0. The molecule has 0 bridgehead atoms. The van der Waals surface area contributed by atoms with E-state index in [1.165, 1.54) is 12.1 Å². The maximum absolute atomic E-state index is 12.0. The van der Waals surface area contributed by atoms with Gasteiger partial charge in [0.1, 0.15) is 6.04 Å². The predicted molar refractivity (Wildman–Crippen MR) is 78.6 cm³/mol. The highest BCUT2D eigenvalue weighted by Gasteiger charge is 2.15. The molecule has 108 valence electrons. The highest BCUT2D eigenvalue weighted by atomic mass is 16.4. The molecule has 0 aliphatic rings. The number of aromatic carboxylic acids is 1. The third-order valence-electron chi connectivity index (χ3n) is 3.08. The standard InChI is InChI=1S/C16H16N2O3/c17-14(12-6-2-1-3-7-12)15(19)18-10-11-5-4-8-13(9-11)16(20)21/h1-9,14H,10,17H2,(H,18,19)(H,20,21)/t14-/m0/s1. The predicted octanol–water partition coefficient (Wildman–Crippen LogP) is 1.70. The van der Waals surface area contributed by atoms with Crippen LogP contribution in [0.2, 0.25) is 0 Å². The van der Waals surface area contributed by atoms with E-state index in [9.17, 15) is 9.59 Å². The summed E-state index contributed by atoms with van der Waals surface area (Å²) < 4.78 is 0. The summed E-state index contributed by atoms with van der Waals surface area (Å²) in [7, 11) is 0. The maximum Gasteiger partial charge on any atom is 0.335 e. The molecular weight excluding hydrogens is 268 g/mol. The summed E-state index contributed by atoms with van der Waals surface area (Å²) in [5, 5.41) is 11.6. The topological polar surface area (TPSA) is 92.4 Å². The molecule has 0 aromatic heterocycles. The zero-order valence-corrected chi connectivity index (χ0v) is 11.3. The summed E-state index contributed by atoms with van der Waals surface area (Å²) in [5.41, 5.74) is 7.51. The van der Waals surface area contributed by atoms with Gasteiger partial charge in [0, 0.05) is 6.54 Å². The van der Waals surface area contributed by atoms with Gasteiger partial charge >= 0.3 is 5.97 Å². The molecule has 2 rings (SSSR count). The number of hydrogen-bond acceptors (Lipinski definition) is 3. The number of hydrogen-bond donors (Lipinski definition) is 3. The van der Waals surface area contributed by atoms with Crippen molar-refractivity contribution in [2.45, 2.75) is 12.6 Å². The zero-order valence-electron chi connectivity index (χ0n) is 11.3. The Labute approximate surface area is 122 Å². The Bertz CT molecular complexity index is 641. The lowest BCUT2D eigenvalue weighted by molar-refractivity contribution is -0.122. The van der Waals surface area contributed by atoms with Gasteiger partial charge in [0.05, 0.1) is 5.56 Å². The summed E-state index contributed by atoms with van der Waals surface area (Å²) in [6, 6.07) is 14.7. The summed E-state index contributed by atoms with van der Waals surface area (Å²) in [6.45, 7) is 0.237. The number of carboxylic acid groups (broad SMARTS) is 1. The van der Waals surface area contributed by atoms with Crippen LogP contribution in [0.1, 0.15) is 27.5 Å². The number of carbonyl (C=O) groups is 2. The Morgan fingerprint density at radius 3 is 2.48 bits per heavy atom. The molecule has 0 aliphatic heterocycles. The molecule has 0 aliphatic carbocycles.